The van der Waals surface area contributed by atoms with Gasteiger partial charge in [-0.1, -0.05) is 6.07 Å². The van der Waals surface area contributed by atoms with E-state index in [1.165, 1.54) is 24.4 Å². The molecule has 2 rings (SSSR count). The predicted octanol–water partition coefficient (Wildman–Crippen LogP) is 2.06. The Morgan fingerprint density at radius 3 is 2.71 bits per heavy atom. The minimum Gasteiger partial charge on any atom is -0.267 e. The molecule has 0 aliphatic carbocycles. The van der Waals surface area contributed by atoms with E-state index in [1.54, 1.807) is 31.5 Å². The van der Waals surface area contributed by atoms with Gasteiger partial charge in [0.2, 0.25) is 0 Å². The second-order valence-corrected chi connectivity index (χ2v) is 4.24. The Labute approximate surface area is 120 Å². The summed E-state index contributed by atoms with van der Waals surface area (Å²) in [6, 6.07) is 7.73. The molecule has 2 aromatic rings. The van der Waals surface area contributed by atoms with Crippen molar-refractivity contribution in [2.75, 3.05) is 0 Å². The molecule has 0 bridgehead atoms. The molecule has 7 heteroatoms. The van der Waals surface area contributed by atoms with Crippen LogP contribution in [-0.4, -0.2) is 22.0 Å². The molecule has 1 amide bonds. The maximum absolute atomic E-state index is 11.9. The van der Waals surface area contributed by atoms with Gasteiger partial charge in [-0.05, 0) is 30.7 Å². The van der Waals surface area contributed by atoms with E-state index in [1.807, 2.05) is 0 Å². The first-order valence-electron chi connectivity index (χ1n) is 6.06. The van der Waals surface area contributed by atoms with E-state index in [2.05, 4.69) is 15.5 Å². The number of aryl methyl sites for hydroxylation is 1. The summed E-state index contributed by atoms with van der Waals surface area (Å²) in [7, 11) is 0. The highest BCUT2D eigenvalue weighted by Gasteiger charge is 2.14. The van der Waals surface area contributed by atoms with E-state index in [-0.39, 0.29) is 11.3 Å². The third kappa shape index (κ3) is 3.69. The van der Waals surface area contributed by atoms with Gasteiger partial charge in [-0.2, -0.15) is 5.10 Å². The van der Waals surface area contributed by atoms with E-state index in [0.717, 1.165) is 5.56 Å². The molecule has 1 N–H and O–H groups in total. The van der Waals surface area contributed by atoms with Gasteiger partial charge >= 0.3 is 0 Å². The second-order valence-electron chi connectivity index (χ2n) is 4.24. The average molecular weight is 284 g/mol. The van der Waals surface area contributed by atoms with Gasteiger partial charge in [0.1, 0.15) is 0 Å². The Kier molecular flexibility index (Phi) is 4.35. The molecule has 0 atom stereocenters. The van der Waals surface area contributed by atoms with Gasteiger partial charge in [0.25, 0.3) is 11.6 Å². The minimum absolute atomic E-state index is 0.0965. The molecule has 1 heterocycles. The van der Waals surface area contributed by atoms with Gasteiger partial charge in [-0.3, -0.25) is 19.9 Å². The summed E-state index contributed by atoms with van der Waals surface area (Å²) < 4.78 is 0. The number of hydrogen-bond acceptors (Lipinski definition) is 5. The first kappa shape index (κ1) is 14.3. The van der Waals surface area contributed by atoms with Gasteiger partial charge in [0, 0.05) is 29.6 Å². The van der Waals surface area contributed by atoms with Crippen LogP contribution in [0.15, 0.2) is 47.8 Å². The van der Waals surface area contributed by atoms with Crippen LogP contribution in [0.3, 0.4) is 0 Å². The number of aromatic nitrogens is 1. The monoisotopic (exact) mass is 284 g/mol. The largest absolute Gasteiger partial charge is 0.273 e. The summed E-state index contributed by atoms with van der Waals surface area (Å²) in [4.78, 5) is 26.0. The third-order valence-corrected chi connectivity index (χ3v) is 2.75. The number of nitrogens with zero attached hydrogens (tertiary/aromatic N) is 3. The van der Waals surface area contributed by atoms with Crippen molar-refractivity contribution < 1.29 is 9.72 Å². The van der Waals surface area contributed by atoms with Crippen molar-refractivity contribution in [2.24, 2.45) is 5.10 Å². The van der Waals surface area contributed by atoms with Crippen LogP contribution in [0, 0.1) is 17.0 Å². The predicted molar refractivity (Wildman–Crippen MR) is 77.1 cm³/mol. The third-order valence-electron chi connectivity index (χ3n) is 2.75. The summed E-state index contributed by atoms with van der Waals surface area (Å²) >= 11 is 0. The van der Waals surface area contributed by atoms with Crippen molar-refractivity contribution in [1.82, 2.24) is 10.4 Å². The smallest absolute Gasteiger partial charge is 0.267 e. The van der Waals surface area contributed by atoms with Crippen molar-refractivity contribution in [1.29, 1.82) is 0 Å². The fourth-order valence-corrected chi connectivity index (χ4v) is 1.63. The second kappa shape index (κ2) is 6.38. The van der Waals surface area contributed by atoms with Crippen molar-refractivity contribution in [3.8, 4) is 0 Å². The molecular formula is C14H12N4O3. The van der Waals surface area contributed by atoms with Crippen molar-refractivity contribution in [2.45, 2.75) is 6.92 Å². The van der Waals surface area contributed by atoms with Crippen LogP contribution in [0.1, 0.15) is 21.5 Å². The number of pyridine rings is 1. The molecule has 0 radical (unpaired) electrons. The van der Waals surface area contributed by atoms with Crippen LogP contribution < -0.4 is 5.43 Å². The molecule has 1 aromatic heterocycles. The van der Waals surface area contributed by atoms with Crippen molar-refractivity contribution in [3.05, 3.63) is 69.5 Å². The maximum atomic E-state index is 11.9. The molecule has 0 unspecified atom stereocenters. The fraction of sp³-hybridized carbons (Fsp3) is 0.0714. The van der Waals surface area contributed by atoms with Gasteiger partial charge < -0.3 is 0 Å². The number of carbonyl (C=O) groups is 1. The van der Waals surface area contributed by atoms with Gasteiger partial charge in [0.05, 0.1) is 11.1 Å². The molecule has 106 valence electrons. The molecule has 0 aliphatic rings. The van der Waals surface area contributed by atoms with Crippen LogP contribution in [0.4, 0.5) is 5.69 Å². The first-order valence-corrected chi connectivity index (χ1v) is 6.06. The highest BCUT2D eigenvalue weighted by molar-refractivity contribution is 5.95. The van der Waals surface area contributed by atoms with Gasteiger partial charge in [-0.15, -0.1) is 0 Å². The van der Waals surface area contributed by atoms with E-state index < -0.39 is 10.8 Å². The van der Waals surface area contributed by atoms with Crippen LogP contribution in [0.5, 0.6) is 0 Å². The number of hydrazone groups is 1. The summed E-state index contributed by atoms with van der Waals surface area (Å²) in [5.41, 5.74) is 3.68. The van der Waals surface area contributed by atoms with E-state index in [4.69, 9.17) is 0 Å². The van der Waals surface area contributed by atoms with E-state index >= 15 is 0 Å². The van der Waals surface area contributed by atoms with Crippen molar-refractivity contribution in [3.63, 3.8) is 0 Å². The zero-order valence-electron chi connectivity index (χ0n) is 11.2. The molecule has 7 nitrogen and oxygen atoms in total. The van der Waals surface area contributed by atoms with E-state index in [9.17, 15) is 14.9 Å². The quantitative estimate of drug-likeness (QED) is 0.528. The molecular weight excluding hydrogens is 272 g/mol. The number of benzene rings is 1. The Balaban J connectivity index is 2.09. The van der Waals surface area contributed by atoms with Crippen LogP contribution in [0.2, 0.25) is 0 Å². The lowest BCUT2D eigenvalue weighted by molar-refractivity contribution is -0.385. The van der Waals surface area contributed by atoms with Crippen LogP contribution in [-0.2, 0) is 0 Å². The molecule has 21 heavy (non-hydrogen) atoms. The van der Waals surface area contributed by atoms with Gasteiger partial charge in [-0.25, -0.2) is 5.43 Å². The zero-order valence-corrected chi connectivity index (χ0v) is 11.2. The van der Waals surface area contributed by atoms with E-state index in [0.29, 0.717) is 5.56 Å². The lowest BCUT2D eigenvalue weighted by atomic mass is 10.1. The van der Waals surface area contributed by atoms with Gasteiger partial charge in [0.15, 0.2) is 0 Å². The number of hydrogen-bond donors (Lipinski definition) is 1. The highest BCUT2D eigenvalue weighted by Crippen LogP contribution is 2.19. The highest BCUT2D eigenvalue weighted by atomic mass is 16.6. The number of amides is 1. The number of carbonyl (C=O) groups excluding carboxylic acids is 1. The zero-order chi connectivity index (χ0) is 15.2. The summed E-state index contributed by atoms with van der Waals surface area (Å²) in [6.07, 6.45) is 4.67. The average Bonchev–Trinajstić information content (AvgIpc) is 2.48. The SMILES string of the molecule is Cc1ccc(C(=O)N/N=C/c2ccncc2)cc1[N+](=O)[O-]. The minimum atomic E-state index is -0.521. The topological polar surface area (TPSA) is 97.5 Å². The molecule has 0 fully saturated rings. The number of rotatable bonds is 4. The lowest BCUT2D eigenvalue weighted by Crippen LogP contribution is -2.17. The standard InChI is InChI=1S/C14H12N4O3/c1-10-2-3-12(8-13(10)18(20)21)14(19)17-16-9-11-4-6-15-7-5-11/h2-9H,1H3,(H,17,19)/b16-9+. The number of nitrogens with one attached hydrogen (secondary N) is 1. The fourth-order valence-electron chi connectivity index (χ4n) is 1.63. The number of nitro groups is 1. The number of nitro benzene ring substituents is 1. The Morgan fingerprint density at radius 2 is 2.05 bits per heavy atom. The molecule has 0 aliphatic heterocycles. The molecule has 0 saturated heterocycles. The summed E-state index contributed by atoms with van der Waals surface area (Å²) in [6.45, 7) is 1.61. The Morgan fingerprint density at radius 1 is 1.33 bits per heavy atom. The summed E-state index contributed by atoms with van der Waals surface area (Å²) in [5.74, 6) is -0.511. The molecule has 1 aromatic carbocycles. The van der Waals surface area contributed by atoms with Crippen molar-refractivity contribution >= 4 is 17.8 Å². The van der Waals surface area contributed by atoms with Crippen LogP contribution in [0.25, 0.3) is 0 Å². The maximum Gasteiger partial charge on any atom is 0.273 e. The first-order chi connectivity index (χ1) is 10.1. The normalized spacial score (nSPS) is 10.5. The lowest BCUT2D eigenvalue weighted by Gasteiger charge is -2.02. The molecule has 0 spiro atoms. The summed E-state index contributed by atoms with van der Waals surface area (Å²) in [5, 5.41) is 14.6. The van der Waals surface area contributed by atoms with Crippen LogP contribution >= 0.6 is 0 Å². The molecule has 0 saturated carbocycles. The Bertz CT molecular complexity index is 699. The Hall–Kier alpha value is -3.09.